The van der Waals surface area contributed by atoms with E-state index in [0.717, 1.165) is 40.9 Å². The molecule has 2 aromatic rings. The molecule has 1 radical (unpaired) electrons. The Morgan fingerprint density at radius 3 is 3.05 bits per heavy atom. The van der Waals surface area contributed by atoms with Crippen LogP contribution in [0.15, 0.2) is 22.9 Å². The lowest BCUT2D eigenvalue weighted by Crippen LogP contribution is -2.32. The summed E-state index contributed by atoms with van der Waals surface area (Å²) in [6.07, 6.45) is 5.54. The Morgan fingerprint density at radius 2 is 2.33 bits per heavy atom. The van der Waals surface area contributed by atoms with E-state index in [0.29, 0.717) is 6.54 Å². The van der Waals surface area contributed by atoms with Crippen LogP contribution in [-0.2, 0) is 19.5 Å². The average Bonchev–Trinajstić information content (AvgIpc) is 2.49. The van der Waals surface area contributed by atoms with Crippen molar-refractivity contribution in [3.8, 4) is 0 Å². The van der Waals surface area contributed by atoms with E-state index in [-0.39, 0.29) is 5.82 Å². The highest BCUT2D eigenvalue weighted by Gasteiger charge is 2.20. The van der Waals surface area contributed by atoms with Crippen LogP contribution in [0.25, 0.3) is 0 Å². The van der Waals surface area contributed by atoms with Crippen LogP contribution in [0, 0.1) is 6.20 Å². The van der Waals surface area contributed by atoms with Gasteiger partial charge in [-0.05, 0) is 34.0 Å². The monoisotopic (exact) mass is 346 g/mol. The number of hydrogen-bond acceptors (Lipinski definition) is 5. The Balaban J connectivity index is 1.75. The lowest BCUT2D eigenvalue weighted by atomic mass is 10.1. The zero-order chi connectivity index (χ0) is 14.8. The zero-order valence-corrected chi connectivity index (χ0v) is 12.8. The first-order valence-electron chi connectivity index (χ1n) is 6.52. The predicted molar refractivity (Wildman–Crippen MR) is 79.1 cm³/mol. The van der Waals surface area contributed by atoms with Gasteiger partial charge in [0.05, 0.1) is 11.9 Å². The van der Waals surface area contributed by atoms with Crippen LogP contribution in [0.2, 0.25) is 0 Å². The first-order valence-corrected chi connectivity index (χ1v) is 7.31. The molecular formula is C14H13BrN5O. The SMILES string of the molecule is NC(=O)c1n[c]c2c(n1)CN(Cc1ccc(Br)nc1)CC2. The molecule has 0 saturated heterocycles. The highest BCUT2D eigenvalue weighted by Crippen LogP contribution is 2.18. The number of primary amides is 1. The molecule has 0 saturated carbocycles. The van der Waals surface area contributed by atoms with E-state index in [1.54, 1.807) is 0 Å². The van der Waals surface area contributed by atoms with E-state index in [4.69, 9.17) is 5.73 Å². The molecule has 3 heterocycles. The van der Waals surface area contributed by atoms with Gasteiger partial charge in [0.1, 0.15) is 4.60 Å². The van der Waals surface area contributed by atoms with Gasteiger partial charge in [-0.3, -0.25) is 9.69 Å². The summed E-state index contributed by atoms with van der Waals surface area (Å²) in [6.45, 7) is 2.35. The van der Waals surface area contributed by atoms with Crippen molar-refractivity contribution >= 4 is 21.8 Å². The van der Waals surface area contributed by atoms with Crippen LogP contribution in [0.5, 0.6) is 0 Å². The van der Waals surface area contributed by atoms with E-state index in [1.807, 2.05) is 18.3 Å². The van der Waals surface area contributed by atoms with Gasteiger partial charge in [0, 0.05) is 31.4 Å². The predicted octanol–water partition coefficient (Wildman–Crippen LogP) is 1.09. The van der Waals surface area contributed by atoms with Gasteiger partial charge >= 0.3 is 0 Å². The van der Waals surface area contributed by atoms with Crippen LogP contribution in [0.4, 0.5) is 0 Å². The number of amides is 1. The maximum Gasteiger partial charge on any atom is 0.286 e. The molecule has 0 fully saturated rings. The molecule has 1 amide bonds. The summed E-state index contributed by atoms with van der Waals surface area (Å²) in [7, 11) is 0. The average molecular weight is 347 g/mol. The second-order valence-electron chi connectivity index (χ2n) is 4.90. The molecule has 6 nitrogen and oxygen atoms in total. The van der Waals surface area contributed by atoms with Gasteiger partial charge in [0.25, 0.3) is 5.91 Å². The summed E-state index contributed by atoms with van der Waals surface area (Å²) < 4.78 is 0.823. The lowest BCUT2D eigenvalue weighted by Gasteiger charge is -2.27. The molecule has 2 aromatic heterocycles. The summed E-state index contributed by atoms with van der Waals surface area (Å²) in [4.78, 5) is 25.7. The van der Waals surface area contributed by atoms with Gasteiger partial charge in [0.2, 0.25) is 5.82 Å². The van der Waals surface area contributed by atoms with E-state index in [1.165, 1.54) is 0 Å². The van der Waals surface area contributed by atoms with Gasteiger partial charge < -0.3 is 5.73 Å². The third-order valence-electron chi connectivity index (χ3n) is 3.35. The number of aromatic nitrogens is 3. The van der Waals surface area contributed by atoms with Gasteiger partial charge in [-0.15, -0.1) is 0 Å². The van der Waals surface area contributed by atoms with Gasteiger partial charge in [-0.1, -0.05) is 6.07 Å². The highest BCUT2D eigenvalue weighted by molar-refractivity contribution is 9.10. The van der Waals surface area contributed by atoms with Crippen LogP contribution in [0.3, 0.4) is 0 Å². The number of carbonyl (C=O) groups excluding carboxylic acids is 1. The minimum Gasteiger partial charge on any atom is -0.363 e. The first-order chi connectivity index (χ1) is 10.1. The van der Waals surface area contributed by atoms with Crippen LogP contribution >= 0.6 is 15.9 Å². The van der Waals surface area contributed by atoms with Gasteiger partial charge in [-0.2, -0.15) is 0 Å². The quantitative estimate of drug-likeness (QED) is 0.841. The molecule has 0 atom stereocenters. The summed E-state index contributed by atoms with van der Waals surface area (Å²) in [5.41, 5.74) is 8.14. The second kappa shape index (κ2) is 5.87. The maximum atomic E-state index is 11.1. The number of halogens is 1. The number of fused-ring (bicyclic) bond motifs is 1. The molecule has 3 rings (SSSR count). The molecule has 0 aliphatic carbocycles. The Morgan fingerprint density at radius 1 is 1.48 bits per heavy atom. The number of nitrogens with zero attached hydrogens (tertiary/aromatic N) is 4. The summed E-state index contributed by atoms with van der Waals surface area (Å²) in [5, 5.41) is 0. The molecule has 7 heteroatoms. The highest BCUT2D eigenvalue weighted by atomic mass is 79.9. The van der Waals surface area contributed by atoms with Crippen LogP contribution in [-0.4, -0.2) is 32.3 Å². The fourth-order valence-electron chi connectivity index (χ4n) is 2.30. The second-order valence-corrected chi connectivity index (χ2v) is 5.71. The Bertz CT molecular complexity index is 674. The third kappa shape index (κ3) is 3.25. The molecule has 0 bridgehead atoms. The fraction of sp³-hybridized carbons (Fsp3) is 0.286. The molecule has 1 aliphatic rings. The van der Waals surface area contributed by atoms with E-state index in [9.17, 15) is 4.79 Å². The fourth-order valence-corrected chi connectivity index (χ4v) is 2.53. The normalized spacial score (nSPS) is 14.7. The number of pyridine rings is 1. The number of carbonyl (C=O) groups is 1. The summed E-state index contributed by atoms with van der Waals surface area (Å²) in [6, 6.07) is 3.96. The molecule has 0 spiro atoms. The van der Waals surface area contributed by atoms with Crippen molar-refractivity contribution in [2.75, 3.05) is 6.54 Å². The van der Waals surface area contributed by atoms with Crippen molar-refractivity contribution in [1.29, 1.82) is 0 Å². The van der Waals surface area contributed by atoms with E-state index >= 15 is 0 Å². The van der Waals surface area contributed by atoms with Crippen molar-refractivity contribution in [2.24, 2.45) is 5.73 Å². The Kier molecular flexibility index (Phi) is 3.94. The summed E-state index contributed by atoms with van der Waals surface area (Å²) in [5.74, 6) is -0.593. The number of nitrogens with two attached hydrogens (primary N) is 1. The molecule has 21 heavy (non-hydrogen) atoms. The van der Waals surface area contributed by atoms with Crippen molar-refractivity contribution < 1.29 is 4.79 Å². The smallest absolute Gasteiger partial charge is 0.286 e. The minimum atomic E-state index is -0.622. The standard InChI is InChI=1S/C14H13BrN5O/c15-12-2-1-9(5-17-12)7-20-4-3-10-6-18-14(13(16)21)19-11(10)8-20/h1-2,5H,3-4,7-8H2,(H2,16,21). The minimum absolute atomic E-state index is 0.0286. The molecule has 2 N–H and O–H groups in total. The van der Waals surface area contributed by atoms with Crippen molar-refractivity contribution in [3.63, 3.8) is 0 Å². The van der Waals surface area contributed by atoms with E-state index < -0.39 is 5.91 Å². The topological polar surface area (TPSA) is 85.0 Å². The largest absolute Gasteiger partial charge is 0.363 e. The van der Waals surface area contributed by atoms with Crippen molar-refractivity contribution in [2.45, 2.75) is 19.5 Å². The van der Waals surface area contributed by atoms with E-state index in [2.05, 4.69) is 42.0 Å². The van der Waals surface area contributed by atoms with Crippen molar-refractivity contribution in [1.82, 2.24) is 19.9 Å². The summed E-state index contributed by atoms with van der Waals surface area (Å²) >= 11 is 3.32. The van der Waals surface area contributed by atoms with Crippen LogP contribution < -0.4 is 5.73 Å². The molecule has 107 valence electrons. The zero-order valence-electron chi connectivity index (χ0n) is 11.2. The molecule has 0 unspecified atom stereocenters. The Labute approximate surface area is 130 Å². The van der Waals surface area contributed by atoms with Gasteiger partial charge in [0.15, 0.2) is 0 Å². The molecule has 0 aromatic carbocycles. The molecular weight excluding hydrogens is 334 g/mol. The van der Waals surface area contributed by atoms with Crippen LogP contribution in [0.1, 0.15) is 27.4 Å². The molecule has 1 aliphatic heterocycles. The lowest BCUT2D eigenvalue weighted by molar-refractivity contribution is 0.0989. The number of rotatable bonds is 3. The Hall–Kier alpha value is -1.86. The number of hydrogen-bond donors (Lipinski definition) is 1. The third-order valence-corrected chi connectivity index (χ3v) is 3.82. The maximum absolute atomic E-state index is 11.1. The van der Waals surface area contributed by atoms with Crippen molar-refractivity contribution in [3.05, 3.63) is 51.8 Å². The first kappa shape index (κ1) is 14.1. The van der Waals surface area contributed by atoms with Gasteiger partial charge in [-0.25, -0.2) is 15.0 Å².